The first kappa shape index (κ1) is 12.4. The van der Waals surface area contributed by atoms with Gasteiger partial charge in [-0.1, -0.05) is 0 Å². The van der Waals surface area contributed by atoms with Gasteiger partial charge < -0.3 is 5.32 Å². The Labute approximate surface area is 119 Å². The van der Waals surface area contributed by atoms with Gasteiger partial charge in [-0.3, -0.25) is 4.68 Å². The zero-order chi connectivity index (χ0) is 12.5. The highest BCUT2D eigenvalue weighted by atomic mass is 79.9. The van der Waals surface area contributed by atoms with E-state index in [2.05, 4.69) is 39.4 Å². The van der Waals surface area contributed by atoms with Crippen LogP contribution in [0.15, 0.2) is 22.0 Å². The minimum absolute atomic E-state index is 0.620. The molecule has 0 aliphatic carbocycles. The molecule has 2 aromatic heterocycles. The zero-order valence-corrected chi connectivity index (χ0v) is 12.7. The molecule has 0 spiro atoms. The van der Waals surface area contributed by atoms with Gasteiger partial charge in [0.25, 0.3) is 0 Å². The molecule has 0 saturated carbocycles. The van der Waals surface area contributed by atoms with E-state index < -0.39 is 0 Å². The van der Waals surface area contributed by atoms with E-state index in [4.69, 9.17) is 5.10 Å². The van der Waals surface area contributed by atoms with Crippen LogP contribution >= 0.6 is 27.3 Å². The second-order valence-corrected chi connectivity index (χ2v) is 7.17. The van der Waals surface area contributed by atoms with Crippen LogP contribution in [0.2, 0.25) is 0 Å². The highest BCUT2D eigenvalue weighted by molar-refractivity contribution is 9.11. The number of hydrogen-bond acceptors (Lipinski definition) is 3. The van der Waals surface area contributed by atoms with Gasteiger partial charge in [0.05, 0.1) is 20.1 Å². The molecule has 1 N–H and O–H groups in total. The monoisotopic (exact) mass is 325 g/mol. The maximum absolute atomic E-state index is 4.70. The van der Waals surface area contributed by atoms with Gasteiger partial charge >= 0.3 is 0 Å². The maximum Gasteiger partial charge on any atom is 0.0782 e. The van der Waals surface area contributed by atoms with Gasteiger partial charge in [-0.2, -0.15) is 5.10 Å². The lowest BCUT2D eigenvalue weighted by atomic mass is 9.94. The number of rotatable bonds is 2. The number of hydrogen-bond donors (Lipinski definition) is 1. The molecule has 0 aromatic carbocycles. The smallest absolute Gasteiger partial charge is 0.0782 e. The van der Waals surface area contributed by atoms with E-state index in [9.17, 15) is 0 Å². The van der Waals surface area contributed by atoms with Gasteiger partial charge in [-0.15, -0.1) is 11.3 Å². The van der Waals surface area contributed by atoms with Crippen molar-refractivity contribution < 1.29 is 0 Å². The molecular weight excluding hydrogens is 310 g/mol. The van der Waals surface area contributed by atoms with Crippen LogP contribution in [0, 0.1) is 0 Å². The Morgan fingerprint density at radius 1 is 1.39 bits per heavy atom. The van der Waals surface area contributed by atoms with E-state index in [1.54, 1.807) is 11.3 Å². The van der Waals surface area contributed by atoms with Crippen LogP contribution in [0.5, 0.6) is 0 Å². The predicted octanol–water partition coefficient (Wildman–Crippen LogP) is 3.38. The summed E-state index contributed by atoms with van der Waals surface area (Å²) in [6.45, 7) is 2.22. The van der Waals surface area contributed by atoms with Gasteiger partial charge in [-0.05, 0) is 60.1 Å². The third kappa shape index (κ3) is 2.39. The van der Waals surface area contributed by atoms with Crippen LogP contribution < -0.4 is 5.32 Å². The Morgan fingerprint density at radius 3 is 2.83 bits per heavy atom. The number of halogens is 1. The Morgan fingerprint density at radius 2 is 2.17 bits per heavy atom. The first-order valence-corrected chi connectivity index (χ1v) is 7.85. The second kappa shape index (κ2) is 5.15. The third-order valence-electron chi connectivity index (χ3n) is 3.48. The summed E-state index contributed by atoms with van der Waals surface area (Å²) in [6.07, 6.45) is 2.40. The van der Waals surface area contributed by atoms with E-state index in [0.29, 0.717) is 5.92 Å². The van der Waals surface area contributed by atoms with Crippen LogP contribution in [0.1, 0.15) is 24.5 Å². The molecule has 0 radical (unpaired) electrons. The van der Waals surface area contributed by atoms with Crippen LogP contribution in [0.4, 0.5) is 0 Å². The highest BCUT2D eigenvalue weighted by Crippen LogP contribution is 2.33. The van der Waals surface area contributed by atoms with Gasteiger partial charge in [0.2, 0.25) is 0 Å². The van der Waals surface area contributed by atoms with Crippen molar-refractivity contribution in [3.8, 4) is 10.6 Å². The van der Waals surface area contributed by atoms with Crippen LogP contribution in [-0.2, 0) is 7.05 Å². The zero-order valence-electron chi connectivity index (χ0n) is 10.3. The highest BCUT2D eigenvalue weighted by Gasteiger charge is 2.19. The van der Waals surface area contributed by atoms with Gasteiger partial charge in [-0.25, -0.2) is 0 Å². The average Bonchev–Trinajstić information content (AvgIpc) is 2.97. The fourth-order valence-corrected chi connectivity index (χ4v) is 3.92. The number of nitrogens with one attached hydrogen (secondary N) is 1. The molecule has 0 unspecified atom stereocenters. The molecule has 1 aliphatic rings. The largest absolute Gasteiger partial charge is 0.317 e. The normalized spacial score (nSPS) is 17.2. The van der Waals surface area contributed by atoms with Crippen molar-refractivity contribution in [1.29, 1.82) is 0 Å². The maximum atomic E-state index is 4.70. The van der Waals surface area contributed by atoms with Crippen molar-refractivity contribution >= 4 is 27.3 Å². The Balaban J connectivity index is 1.90. The minimum atomic E-state index is 0.620. The fourth-order valence-electron chi connectivity index (χ4n) is 2.49. The SMILES string of the molecule is Cn1nc(C2CCNCC2)cc1-c1ccc(Br)s1. The first-order valence-electron chi connectivity index (χ1n) is 6.24. The average molecular weight is 326 g/mol. The molecule has 18 heavy (non-hydrogen) atoms. The lowest BCUT2D eigenvalue weighted by Crippen LogP contribution is -2.26. The molecule has 1 fully saturated rings. The van der Waals surface area contributed by atoms with Crippen molar-refractivity contribution in [2.75, 3.05) is 13.1 Å². The Hall–Kier alpha value is -0.650. The summed E-state index contributed by atoms with van der Waals surface area (Å²) in [5.74, 6) is 0.620. The molecule has 3 rings (SSSR count). The van der Waals surface area contributed by atoms with Gasteiger partial charge in [0.15, 0.2) is 0 Å². The number of piperidine rings is 1. The van der Waals surface area contributed by atoms with Crippen molar-refractivity contribution in [2.45, 2.75) is 18.8 Å². The van der Waals surface area contributed by atoms with Crippen LogP contribution in [0.25, 0.3) is 10.6 Å². The number of thiophene rings is 1. The van der Waals surface area contributed by atoms with E-state index in [1.807, 2.05) is 11.7 Å². The molecular formula is C13H16BrN3S. The van der Waals surface area contributed by atoms with Gasteiger partial charge in [0.1, 0.15) is 0 Å². The minimum Gasteiger partial charge on any atom is -0.317 e. The first-order chi connectivity index (χ1) is 8.74. The Kier molecular flexibility index (Phi) is 3.54. The summed E-state index contributed by atoms with van der Waals surface area (Å²) >= 11 is 5.28. The molecule has 3 nitrogen and oxygen atoms in total. The van der Waals surface area contributed by atoms with E-state index in [-0.39, 0.29) is 0 Å². The van der Waals surface area contributed by atoms with E-state index in [0.717, 1.165) is 13.1 Å². The number of aromatic nitrogens is 2. The fraction of sp³-hybridized carbons (Fsp3) is 0.462. The van der Waals surface area contributed by atoms with E-state index >= 15 is 0 Å². The van der Waals surface area contributed by atoms with Crippen molar-refractivity contribution in [3.63, 3.8) is 0 Å². The molecule has 2 aromatic rings. The molecule has 3 heterocycles. The molecule has 5 heteroatoms. The molecule has 0 atom stereocenters. The summed E-state index contributed by atoms with van der Waals surface area (Å²) in [6, 6.07) is 6.50. The quantitative estimate of drug-likeness (QED) is 0.917. The standard InChI is InChI=1S/C13H16BrN3S/c1-17-11(12-2-3-13(14)18-12)8-10(16-17)9-4-6-15-7-5-9/h2-3,8-9,15H,4-7H2,1H3. The summed E-state index contributed by atoms with van der Waals surface area (Å²) in [5, 5.41) is 8.10. The second-order valence-electron chi connectivity index (χ2n) is 4.71. The molecule has 1 aliphatic heterocycles. The molecule has 96 valence electrons. The number of nitrogens with zero attached hydrogens (tertiary/aromatic N) is 2. The molecule has 1 saturated heterocycles. The lowest BCUT2D eigenvalue weighted by Gasteiger charge is -2.20. The third-order valence-corrected chi connectivity index (χ3v) is 5.13. The van der Waals surface area contributed by atoms with Crippen molar-refractivity contribution in [1.82, 2.24) is 15.1 Å². The number of aryl methyl sites for hydroxylation is 1. The van der Waals surface area contributed by atoms with Gasteiger partial charge in [0, 0.05) is 13.0 Å². The Bertz CT molecular complexity index is 540. The summed E-state index contributed by atoms with van der Waals surface area (Å²) in [7, 11) is 2.04. The van der Waals surface area contributed by atoms with Crippen molar-refractivity contribution in [3.05, 3.63) is 27.7 Å². The summed E-state index contributed by atoms with van der Waals surface area (Å²) in [5.41, 5.74) is 2.47. The van der Waals surface area contributed by atoms with Crippen LogP contribution in [0.3, 0.4) is 0 Å². The molecule has 0 amide bonds. The van der Waals surface area contributed by atoms with E-state index in [1.165, 1.54) is 32.9 Å². The molecule has 0 bridgehead atoms. The predicted molar refractivity (Wildman–Crippen MR) is 79.1 cm³/mol. The van der Waals surface area contributed by atoms with Crippen LogP contribution in [-0.4, -0.2) is 22.9 Å². The topological polar surface area (TPSA) is 29.9 Å². The van der Waals surface area contributed by atoms with Crippen molar-refractivity contribution in [2.24, 2.45) is 7.05 Å². The lowest BCUT2D eigenvalue weighted by molar-refractivity contribution is 0.450. The summed E-state index contributed by atoms with van der Waals surface area (Å²) < 4.78 is 3.18. The summed E-state index contributed by atoms with van der Waals surface area (Å²) in [4.78, 5) is 1.28.